The second-order valence-corrected chi connectivity index (χ2v) is 5.89. The van der Waals surface area contributed by atoms with Gasteiger partial charge in [0.2, 0.25) is 5.91 Å². The van der Waals surface area contributed by atoms with E-state index >= 15 is 0 Å². The molecule has 1 atom stereocenters. The van der Waals surface area contributed by atoms with Crippen molar-refractivity contribution in [3.8, 4) is 0 Å². The number of carboxylic acid groups (broad SMARTS) is 1. The number of amides is 1. The van der Waals surface area contributed by atoms with Crippen molar-refractivity contribution >= 4 is 11.9 Å². The third kappa shape index (κ3) is 4.88. The molecule has 0 aliphatic heterocycles. The van der Waals surface area contributed by atoms with E-state index in [4.69, 9.17) is 5.11 Å². The van der Waals surface area contributed by atoms with Crippen molar-refractivity contribution in [3.05, 3.63) is 34.9 Å². The number of aliphatic carboxylic acids is 1. The third-order valence-electron chi connectivity index (χ3n) is 3.98. The lowest BCUT2D eigenvalue weighted by atomic mass is 9.90. The summed E-state index contributed by atoms with van der Waals surface area (Å²) in [6.07, 6.45) is 5.66. The Bertz CT molecular complexity index is 525. The second-order valence-electron chi connectivity index (χ2n) is 5.89. The van der Waals surface area contributed by atoms with Crippen LogP contribution in [0.3, 0.4) is 0 Å². The van der Waals surface area contributed by atoms with Crippen LogP contribution < -0.4 is 5.32 Å². The zero-order valence-electron chi connectivity index (χ0n) is 12.5. The number of carbonyl (C=O) groups is 2. The molecule has 1 aliphatic rings. The van der Waals surface area contributed by atoms with Crippen LogP contribution in [-0.2, 0) is 28.9 Å². The minimum absolute atomic E-state index is 0.0383. The van der Waals surface area contributed by atoms with Crippen LogP contribution in [0.4, 0.5) is 0 Å². The van der Waals surface area contributed by atoms with Gasteiger partial charge in [-0.05, 0) is 55.7 Å². The number of nitrogens with one attached hydrogen (secondary N) is 1. The Labute approximate surface area is 125 Å². The van der Waals surface area contributed by atoms with Crippen molar-refractivity contribution in [3.63, 3.8) is 0 Å². The molecule has 2 rings (SSSR count). The summed E-state index contributed by atoms with van der Waals surface area (Å²) in [5.74, 6) is -0.866. The molecule has 2 N–H and O–H groups in total. The molecule has 0 heterocycles. The molecule has 1 unspecified atom stereocenters. The highest BCUT2D eigenvalue weighted by atomic mass is 16.4. The number of benzene rings is 1. The summed E-state index contributed by atoms with van der Waals surface area (Å²) >= 11 is 0. The van der Waals surface area contributed by atoms with Crippen molar-refractivity contribution in [1.82, 2.24) is 5.32 Å². The molecule has 4 nitrogen and oxygen atoms in total. The maximum Gasteiger partial charge on any atom is 0.303 e. The van der Waals surface area contributed by atoms with Gasteiger partial charge in [-0.2, -0.15) is 0 Å². The fourth-order valence-corrected chi connectivity index (χ4v) is 2.82. The van der Waals surface area contributed by atoms with E-state index in [-0.39, 0.29) is 18.4 Å². The Balaban J connectivity index is 1.86. The van der Waals surface area contributed by atoms with Crippen molar-refractivity contribution in [2.45, 2.75) is 57.9 Å². The van der Waals surface area contributed by atoms with Gasteiger partial charge in [0.25, 0.3) is 0 Å². The Morgan fingerprint density at radius 3 is 2.67 bits per heavy atom. The van der Waals surface area contributed by atoms with Crippen LogP contribution in [0, 0.1) is 0 Å². The molecule has 114 valence electrons. The van der Waals surface area contributed by atoms with Crippen LogP contribution in [0.2, 0.25) is 0 Å². The van der Waals surface area contributed by atoms with E-state index in [0.29, 0.717) is 12.8 Å². The Morgan fingerprint density at radius 2 is 1.95 bits per heavy atom. The van der Waals surface area contributed by atoms with Crippen molar-refractivity contribution in [1.29, 1.82) is 0 Å². The standard InChI is InChI=1S/C17H23NO3/c1-12(6-9-17(20)21)18-16(19)11-13-7-8-14-4-2-3-5-15(14)10-13/h7-8,10,12H,2-6,9,11H2,1H3,(H,18,19)(H,20,21). The summed E-state index contributed by atoms with van der Waals surface area (Å²) in [6.45, 7) is 1.84. The normalized spacial score (nSPS) is 15.1. The average molecular weight is 289 g/mol. The smallest absolute Gasteiger partial charge is 0.303 e. The molecule has 21 heavy (non-hydrogen) atoms. The van der Waals surface area contributed by atoms with Gasteiger partial charge in [-0.1, -0.05) is 18.2 Å². The molecule has 0 saturated heterocycles. The third-order valence-corrected chi connectivity index (χ3v) is 3.98. The van der Waals surface area contributed by atoms with Gasteiger partial charge in [0, 0.05) is 12.5 Å². The Morgan fingerprint density at radius 1 is 1.24 bits per heavy atom. The van der Waals surface area contributed by atoms with Gasteiger partial charge in [0.1, 0.15) is 0 Å². The summed E-state index contributed by atoms with van der Waals surface area (Å²) < 4.78 is 0. The lowest BCUT2D eigenvalue weighted by Gasteiger charge is -2.17. The molecule has 4 heteroatoms. The first-order valence-electron chi connectivity index (χ1n) is 7.66. The van der Waals surface area contributed by atoms with Gasteiger partial charge in [-0.15, -0.1) is 0 Å². The second kappa shape index (κ2) is 7.25. The maximum absolute atomic E-state index is 12.0. The van der Waals surface area contributed by atoms with Gasteiger partial charge in [-0.25, -0.2) is 0 Å². The zero-order chi connectivity index (χ0) is 15.2. The Hall–Kier alpha value is -1.84. The summed E-state index contributed by atoms with van der Waals surface area (Å²) in [6, 6.07) is 6.22. The molecule has 1 aromatic carbocycles. The van der Waals surface area contributed by atoms with E-state index in [1.54, 1.807) is 0 Å². The summed E-state index contributed by atoms with van der Waals surface area (Å²) in [5.41, 5.74) is 3.84. The fraction of sp³-hybridized carbons (Fsp3) is 0.529. The number of rotatable bonds is 6. The number of carboxylic acids is 1. The van der Waals surface area contributed by atoms with E-state index in [1.807, 2.05) is 13.0 Å². The average Bonchev–Trinajstić information content (AvgIpc) is 2.45. The highest BCUT2D eigenvalue weighted by Crippen LogP contribution is 2.22. The van der Waals surface area contributed by atoms with E-state index in [0.717, 1.165) is 18.4 Å². The summed E-state index contributed by atoms with van der Waals surface area (Å²) in [5, 5.41) is 11.5. The minimum Gasteiger partial charge on any atom is -0.481 e. The van der Waals surface area contributed by atoms with E-state index < -0.39 is 5.97 Å². The van der Waals surface area contributed by atoms with Gasteiger partial charge < -0.3 is 10.4 Å². The molecule has 0 radical (unpaired) electrons. The quantitative estimate of drug-likeness (QED) is 0.845. The highest BCUT2D eigenvalue weighted by Gasteiger charge is 2.13. The molecule has 0 aromatic heterocycles. The van der Waals surface area contributed by atoms with Gasteiger partial charge >= 0.3 is 5.97 Å². The van der Waals surface area contributed by atoms with E-state index in [9.17, 15) is 9.59 Å². The predicted octanol–water partition coefficient (Wildman–Crippen LogP) is 2.48. The van der Waals surface area contributed by atoms with Crippen molar-refractivity contribution in [2.24, 2.45) is 0 Å². The van der Waals surface area contributed by atoms with Gasteiger partial charge in [0.05, 0.1) is 6.42 Å². The minimum atomic E-state index is -0.828. The van der Waals surface area contributed by atoms with Crippen LogP contribution in [0.1, 0.15) is 49.3 Å². The fourth-order valence-electron chi connectivity index (χ4n) is 2.82. The van der Waals surface area contributed by atoms with Crippen molar-refractivity contribution < 1.29 is 14.7 Å². The summed E-state index contributed by atoms with van der Waals surface area (Å²) in [7, 11) is 0. The Kier molecular flexibility index (Phi) is 5.37. The lowest BCUT2D eigenvalue weighted by Crippen LogP contribution is -2.34. The maximum atomic E-state index is 12.0. The van der Waals surface area contributed by atoms with Crippen LogP contribution in [0.15, 0.2) is 18.2 Å². The topological polar surface area (TPSA) is 66.4 Å². The van der Waals surface area contributed by atoms with E-state index in [2.05, 4.69) is 17.4 Å². The number of aryl methyl sites for hydroxylation is 2. The van der Waals surface area contributed by atoms with Crippen molar-refractivity contribution in [2.75, 3.05) is 0 Å². The zero-order valence-corrected chi connectivity index (χ0v) is 12.5. The van der Waals surface area contributed by atoms with Gasteiger partial charge in [0.15, 0.2) is 0 Å². The molecular formula is C17H23NO3. The van der Waals surface area contributed by atoms with Crippen LogP contribution in [-0.4, -0.2) is 23.0 Å². The molecule has 1 aliphatic carbocycles. The molecule has 0 saturated carbocycles. The first-order chi connectivity index (χ1) is 10.0. The van der Waals surface area contributed by atoms with Crippen LogP contribution in [0.5, 0.6) is 0 Å². The largest absolute Gasteiger partial charge is 0.481 e. The molecular weight excluding hydrogens is 266 g/mol. The van der Waals surface area contributed by atoms with Gasteiger partial charge in [-0.3, -0.25) is 9.59 Å². The SMILES string of the molecule is CC(CCC(=O)O)NC(=O)Cc1ccc2c(c1)CCCC2. The number of hydrogen-bond acceptors (Lipinski definition) is 2. The van der Waals surface area contributed by atoms with Crippen LogP contribution >= 0.6 is 0 Å². The number of carbonyl (C=O) groups excluding carboxylic acids is 1. The highest BCUT2D eigenvalue weighted by molar-refractivity contribution is 5.79. The molecule has 1 aromatic rings. The monoisotopic (exact) mass is 289 g/mol. The molecule has 1 amide bonds. The first kappa shape index (κ1) is 15.5. The van der Waals surface area contributed by atoms with E-state index in [1.165, 1.54) is 24.0 Å². The number of hydrogen-bond donors (Lipinski definition) is 2. The molecule has 0 fully saturated rings. The predicted molar refractivity (Wildman–Crippen MR) is 81.3 cm³/mol. The molecule has 0 spiro atoms. The summed E-state index contributed by atoms with van der Waals surface area (Å²) in [4.78, 5) is 22.5. The number of fused-ring (bicyclic) bond motifs is 1. The molecule has 0 bridgehead atoms. The first-order valence-corrected chi connectivity index (χ1v) is 7.66. The van der Waals surface area contributed by atoms with Crippen LogP contribution in [0.25, 0.3) is 0 Å². The lowest BCUT2D eigenvalue weighted by molar-refractivity contribution is -0.137.